The van der Waals surface area contributed by atoms with Gasteiger partial charge in [0.15, 0.2) is 0 Å². The summed E-state index contributed by atoms with van der Waals surface area (Å²) < 4.78 is 2.13. The van der Waals surface area contributed by atoms with E-state index in [0.717, 1.165) is 29.2 Å². The van der Waals surface area contributed by atoms with Crippen LogP contribution in [0.5, 0.6) is 0 Å². The highest BCUT2D eigenvalue weighted by atomic mass is 16.1. The minimum atomic E-state index is 0.0273. The first-order valence-electron chi connectivity index (χ1n) is 8.42. The lowest BCUT2D eigenvalue weighted by molar-refractivity contribution is 0.0949. The van der Waals surface area contributed by atoms with Crippen molar-refractivity contribution in [3.63, 3.8) is 0 Å². The van der Waals surface area contributed by atoms with Crippen molar-refractivity contribution in [2.75, 3.05) is 26.2 Å². The van der Waals surface area contributed by atoms with Crippen LogP contribution in [0.2, 0.25) is 0 Å². The van der Waals surface area contributed by atoms with Crippen molar-refractivity contribution >= 4 is 5.91 Å². The van der Waals surface area contributed by atoms with Gasteiger partial charge < -0.3 is 14.8 Å². The van der Waals surface area contributed by atoms with Gasteiger partial charge in [0, 0.05) is 30.2 Å². The van der Waals surface area contributed by atoms with Crippen molar-refractivity contribution in [1.29, 1.82) is 0 Å². The maximum Gasteiger partial charge on any atom is 0.253 e. The molecule has 1 fully saturated rings. The number of likely N-dealkylation sites (tertiary alicyclic amines) is 1. The lowest BCUT2D eigenvalue weighted by Crippen LogP contribution is -2.33. The van der Waals surface area contributed by atoms with Gasteiger partial charge in [-0.05, 0) is 58.0 Å². The highest BCUT2D eigenvalue weighted by Crippen LogP contribution is 2.20. The maximum atomic E-state index is 12.5. The molecule has 0 atom stereocenters. The Kier molecular flexibility index (Phi) is 4.82. The number of aryl methyl sites for hydroxylation is 1. The summed E-state index contributed by atoms with van der Waals surface area (Å²) in [6.07, 6.45) is 2.57. The molecule has 1 aliphatic rings. The summed E-state index contributed by atoms with van der Waals surface area (Å²) in [5.41, 5.74) is 3.94. The third-order valence-electron chi connectivity index (χ3n) is 4.60. The number of rotatable bonds is 5. The first-order valence-corrected chi connectivity index (χ1v) is 8.42. The number of aromatic nitrogens is 1. The Bertz CT molecular complexity index is 669. The Hall–Kier alpha value is -2.07. The van der Waals surface area contributed by atoms with E-state index in [1.165, 1.54) is 25.9 Å². The van der Waals surface area contributed by atoms with Crippen LogP contribution in [-0.2, 0) is 0 Å². The van der Waals surface area contributed by atoms with Crippen molar-refractivity contribution < 1.29 is 4.79 Å². The fourth-order valence-corrected chi connectivity index (χ4v) is 3.40. The van der Waals surface area contributed by atoms with E-state index in [9.17, 15) is 4.79 Å². The molecule has 0 radical (unpaired) electrons. The third kappa shape index (κ3) is 3.48. The zero-order valence-corrected chi connectivity index (χ0v) is 14.0. The molecule has 0 unspecified atom stereocenters. The first kappa shape index (κ1) is 15.8. The quantitative estimate of drug-likeness (QED) is 0.922. The van der Waals surface area contributed by atoms with Crippen LogP contribution in [0.1, 0.15) is 34.6 Å². The predicted molar refractivity (Wildman–Crippen MR) is 93.3 cm³/mol. The van der Waals surface area contributed by atoms with Gasteiger partial charge in [-0.15, -0.1) is 0 Å². The highest BCUT2D eigenvalue weighted by molar-refractivity contribution is 5.95. The smallest absolute Gasteiger partial charge is 0.253 e. The van der Waals surface area contributed by atoms with Crippen molar-refractivity contribution in [2.45, 2.75) is 26.7 Å². The Morgan fingerprint density at radius 1 is 1.13 bits per heavy atom. The standard InChI is InChI=1S/C19H25N3O/c1-15-14-18(16(2)22(15)17-8-4-3-5-9-17)19(23)20-10-13-21-11-6-7-12-21/h3-5,8-9,14H,6-7,10-13H2,1-2H3,(H,20,23). The highest BCUT2D eigenvalue weighted by Gasteiger charge is 2.17. The van der Waals surface area contributed by atoms with Gasteiger partial charge in [0.25, 0.3) is 5.91 Å². The lowest BCUT2D eigenvalue weighted by Gasteiger charge is -2.14. The van der Waals surface area contributed by atoms with Gasteiger partial charge >= 0.3 is 0 Å². The van der Waals surface area contributed by atoms with Gasteiger partial charge in [-0.2, -0.15) is 0 Å². The predicted octanol–water partition coefficient (Wildman–Crippen LogP) is 2.92. The minimum absolute atomic E-state index is 0.0273. The monoisotopic (exact) mass is 311 g/mol. The van der Waals surface area contributed by atoms with Crippen LogP contribution in [0, 0.1) is 13.8 Å². The SMILES string of the molecule is Cc1cc(C(=O)NCCN2CCCC2)c(C)n1-c1ccccc1. The molecule has 2 heterocycles. The van der Waals surface area contributed by atoms with E-state index in [0.29, 0.717) is 6.54 Å². The number of para-hydroxylation sites is 1. The van der Waals surface area contributed by atoms with E-state index in [4.69, 9.17) is 0 Å². The van der Waals surface area contributed by atoms with Crippen LogP contribution in [-0.4, -0.2) is 41.6 Å². The summed E-state index contributed by atoms with van der Waals surface area (Å²) in [6, 6.07) is 12.1. The van der Waals surface area contributed by atoms with E-state index in [-0.39, 0.29) is 5.91 Å². The molecule has 0 bridgehead atoms. The van der Waals surface area contributed by atoms with Crippen LogP contribution in [0.3, 0.4) is 0 Å². The number of carbonyl (C=O) groups excluding carboxylic acids is 1. The second-order valence-corrected chi connectivity index (χ2v) is 6.26. The van der Waals surface area contributed by atoms with Crippen LogP contribution >= 0.6 is 0 Å². The minimum Gasteiger partial charge on any atom is -0.351 e. The molecule has 1 amide bonds. The summed E-state index contributed by atoms with van der Waals surface area (Å²) in [7, 11) is 0. The van der Waals surface area contributed by atoms with E-state index in [1.807, 2.05) is 38.1 Å². The number of amides is 1. The molecule has 1 aliphatic heterocycles. The zero-order valence-electron chi connectivity index (χ0n) is 14.0. The van der Waals surface area contributed by atoms with Gasteiger partial charge in [0.05, 0.1) is 5.56 Å². The average Bonchev–Trinajstić information content (AvgIpc) is 3.16. The van der Waals surface area contributed by atoms with Crippen LogP contribution in [0.25, 0.3) is 5.69 Å². The summed E-state index contributed by atoms with van der Waals surface area (Å²) >= 11 is 0. The number of benzene rings is 1. The van der Waals surface area contributed by atoms with E-state index in [2.05, 4.69) is 26.9 Å². The van der Waals surface area contributed by atoms with Crippen LogP contribution < -0.4 is 5.32 Å². The maximum absolute atomic E-state index is 12.5. The lowest BCUT2D eigenvalue weighted by atomic mass is 10.2. The molecular weight excluding hydrogens is 286 g/mol. The van der Waals surface area contributed by atoms with Gasteiger partial charge in [-0.3, -0.25) is 4.79 Å². The van der Waals surface area contributed by atoms with Gasteiger partial charge in [0.2, 0.25) is 0 Å². The fourth-order valence-electron chi connectivity index (χ4n) is 3.40. The Morgan fingerprint density at radius 3 is 2.52 bits per heavy atom. The molecule has 1 aromatic carbocycles. The third-order valence-corrected chi connectivity index (χ3v) is 4.60. The number of hydrogen-bond acceptors (Lipinski definition) is 2. The zero-order chi connectivity index (χ0) is 16.2. The van der Waals surface area contributed by atoms with Crippen molar-refractivity contribution in [3.05, 3.63) is 53.3 Å². The molecule has 23 heavy (non-hydrogen) atoms. The van der Waals surface area contributed by atoms with Gasteiger partial charge in [-0.25, -0.2) is 0 Å². The molecule has 3 rings (SSSR count). The summed E-state index contributed by atoms with van der Waals surface area (Å²) in [5, 5.41) is 3.06. The molecule has 2 aromatic rings. The molecular formula is C19H25N3O. The van der Waals surface area contributed by atoms with Gasteiger partial charge in [-0.1, -0.05) is 18.2 Å². The number of nitrogens with zero attached hydrogens (tertiary/aromatic N) is 2. The summed E-state index contributed by atoms with van der Waals surface area (Å²) in [5.74, 6) is 0.0273. The number of hydrogen-bond donors (Lipinski definition) is 1. The number of nitrogens with one attached hydrogen (secondary N) is 1. The molecule has 4 nitrogen and oxygen atoms in total. The van der Waals surface area contributed by atoms with E-state index >= 15 is 0 Å². The molecule has 0 saturated carbocycles. The van der Waals surface area contributed by atoms with E-state index in [1.54, 1.807) is 0 Å². The average molecular weight is 311 g/mol. The molecule has 1 saturated heterocycles. The van der Waals surface area contributed by atoms with Crippen LogP contribution in [0.15, 0.2) is 36.4 Å². The topological polar surface area (TPSA) is 37.3 Å². The Labute approximate surface area is 138 Å². The van der Waals surface area contributed by atoms with Gasteiger partial charge in [0.1, 0.15) is 0 Å². The Morgan fingerprint density at radius 2 is 1.83 bits per heavy atom. The molecule has 122 valence electrons. The summed E-state index contributed by atoms with van der Waals surface area (Å²) in [4.78, 5) is 14.9. The molecule has 4 heteroatoms. The molecule has 1 N–H and O–H groups in total. The normalized spacial score (nSPS) is 15.0. The van der Waals surface area contributed by atoms with Crippen LogP contribution in [0.4, 0.5) is 0 Å². The van der Waals surface area contributed by atoms with Crippen molar-refractivity contribution in [3.8, 4) is 5.69 Å². The second kappa shape index (κ2) is 7.01. The molecule has 1 aromatic heterocycles. The second-order valence-electron chi connectivity index (χ2n) is 6.26. The van der Waals surface area contributed by atoms with E-state index < -0.39 is 0 Å². The molecule has 0 aliphatic carbocycles. The fraction of sp³-hybridized carbons (Fsp3) is 0.421. The first-order chi connectivity index (χ1) is 11.2. The Balaban J connectivity index is 1.69. The largest absolute Gasteiger partial charge is 0.351 e. The number of carbonyl (C=O) groups is 1. The van der Waals surface area contributed by atoms with Crippen molar-refractivity contribution in [1.82, 2.24) is 14.8 Å². The summed E-state index contributed by atoms with van der Waals surface area (Å²) in [6.45, 7) is 8.05. The van der Waals surface area contributed by atoms with Crippen molar-refractivity contribution in [2.24, 2.45) is 0 Å². The molecule has 0 spiro atoms.